The molecule has 1 aliphatic rings. The van der Waals surface area contributed by atoms with E-state index in [1.165, 1.54) is 33.8 Å². The molecule has 2 aromatic carbocycles. The van der Waals surface area contributed by atoms with Gasteiger partial charge in [0, 0.05) is 16.3 Å². The van der Waals surface area contributed by atoms with Crippen molar-refractivity contribution in [1.82, 2.24) is 5.32 Å². The Morgan fingerprint density at radius 2 is 1.65 bits per heavy atom. The van der Waals surface area contributed by atoms with Gasteiger partial charge in [-0.3, -0.25) is 0 Å². The highest BCUT2D eigenvalue weighted by Crippen LogP contribution is 2.27. The Balaban J connectivity index is 1.42. The van der Waals surface area contributed by atoms with Gasteiger partial charge in [0.1, 0.15) is 0 Å². The fraction of sp³-hybridized carbons (Fsp3) is 0.238. The van der Waals surface area contributed by atoms with E-state index in [9.17, 15) is 0 Å². The first-order chi connectivity index (χ1) is 11.4. The molecule has 0 unspecified atom stereocenters. The third-order valence-electron chi connectivity index (χ3n) is 3.89. The van der Waals surface area contributed by atoms with Gasteiger partial charge in [-0.25, -0.2) is 0 Å². The van der Waals surface area contributed by atoms with Crippen LogP contribution < -0.4 is 5.32 Å². The van der Waals surface area contributed by atoms with Crippen LogP contribution in [0, 0.1) is 0 Å². The molecule has 23 heavy (non-hydrogen) atoms. The molecule has 1 aliphatic carbocycles. The fourth-order valence-electron chi connectivity index (χ4n) is 2.62. The number of rotatable bonds is 7. The SMILES string of the molecule is C1=CC(CCNCc2ccc(Sc3ccccc3)cc2)=CCC1. The van der Waals surface area contributed by atoms with Gasteiger partial charge in [-0.2, -0.15) is 0 Å². The van der Waals surface area contributed by atoms with Crippen LogP contribution in [0.4, 0.5) is 0 Å². The summed E-state index contributed by atoms with van der Waals surface area (Å²) in [6.45, 7) is 1.98. The molecule has 0 fully saturated rings. The topological polar surface area (TPSA) is 12.0 Å². The van der Waals surface area contributed by atoms with Gasteiger partial charge in [0.05, 0.1) is 0 Å². The van der Waals surface area contributed by atoms with Gasteiger partial charge in [0.15, 0.2) is 0 Å². The van der Waals surface area contributed by atoms with Crippen LogP contribution in [0.1, 0.15) is 24.8 Å². The average molecular weight is 321 g/mol. The smallest absolute Gasteiger partial charge is 0.0205 e. The van der Waals surface area contributed by atoms with Gasteiger partial charge in [-0.15, -0.1) is 0 Å². The van der Waals surface area contributed by atoms with E-state index in [2.05, 4.69) is 78.1 Å². The maximum Gasteiger partial charge on any atom is 0.0205 e. The zero-order valence-electron chi connectivity index (χ0n) is 13.4. The van der Waals surface area contributed by atoms with Crippen molar-refractivity contribution in [2.45, 2.75) is 35.6 Å². The standard InChI is InChI=1S/C21H23NS/c1-3-7-18(8-4-1)15-16-22-17-19-11-13-21(14-12-19)23-20-9-5-2-6-10-20/h2-3,5-14,22H,1,4,15-17H2. The minimum Gasteiger partial charge on any atom is -0.312 e. The second-order valence-corrected chi connectivity index (χ2v) is 6.89. The monoisotopic (exact) mass is 321 g/mol. The highest BCUT2D eigenvalue weighted by Gasteiger charge is 1.99. The molecule has 0 spiro atoms. The third kappa shape index (κ3) is 5.42. The zero-order valence-corrected chi connectivity index (χ0v) is 14.2. The molecule has 0 radical (unpaired) electrons. The molecule has 0 heterocycles. The molecule has 0 aliphatic heterocycles. The van der Waals surface area contributed by atoms with Crippen LogP contribution >= 0.6 is 11.8 Å². The summed E-state index contributed by atoms with van der Waals surface area (Å²) >= 11 is 1.81. The Morgan fingerprint density at radius 3 is 2.39 bits per heavy atom. The Hall–Kier alpha value is -1.77. The average Bonchev–Trinajstić information content (AvgIpc) is 2.62. The van der Waals surface area contributed by atoms with Crippen molar-refractivity contribution in [3.8, 4) is 0 Å². The fourth-order valence-corrected chi connectivity index (χ4v) is 3.46. The number of hydrogen-bond acceptors (Lipinski definition) is 2. The summed E-state index contributed by atoms with van der Waals surface area (Å²) in [6.07, 6.45) is 10.4. The van der Waals surface area contributed by atoms with Crippen molar-refractivity contribution in [2.75, 3.05) is 6.54 Å². The normalized spacial score (nSPS) is 13.8. The van der Waals surface area contributed by atoms with Gasteiger partial charge in [-0.05, 0) is 55.6 Å². The van der Waals surface area contributed by atoms with Crippen molar-refractivity contribution >= 4 is 11.8 Å². The number of hydrogen-bond donors (Lipinski definition) is 1. The summed E-state index contributed by atoms with van der Waals surface area (Å²) in [7, 11) is 0. The van der Waals surface area contributed by atoms with Gasteiger partial charge in [-0.1, -0.05) is 65.9 Å². The highest BCUT2D eigenvalue weighted by atomic mass is 32.2. The molecule has 3 rings (SSSR count). The van der Waals surface area contributed by atoms with E-state index in [0.29, 0.717) is 0 Å². The largest absolute Gasteiger partial charge is 0.312 e. The Labute approximate surface area is 143 Å². The van der Waals surface area contributed by atoms with Crippen molar-refractivity contribution in [3.05, 3.63) is 84.0 Å². The maximum absolute atomic E-state index is 3.54. The molecule has 0 aromatic heterocycles. The number of benzene rings is 2. The zero-order chi connectivity index (χ0) is 15.7. The molecule has 2 aromatic rings. The third-order valence-corrected chi connectivity index (χ3v) is 4.91. The second-order valence-electron chi connectivity index (χ2n) is 5.74. The van der Waals surface area contributed by atoms with Gasteiger partial charge in [0.25, 0.3) is 0 Å². The Kier molecular flexibility index (Phi) is 6.13. The Morgan fingerprint density at radius 1 is 0.870 bits per heavy atom. The van der Waals surface area contributed by atoms with E-state index in [1.807, 2.05) is 11.8 Å². The summed E-state index contributed by atoms with van der Waals surface area (Å²) in [5.41, 5.74) is 2.81. The van der Waals surface area contributed by atoms with Gasteiger partial charge in [0.2, 0.25) is 0 Å². The molecule has 0 bridgehead atoms. The minimum absolute atomic E-state index is 0.938. The van der Waals surface area contributed by atoms with E-state index in [1.54, 1.807) is 0 Å². The first-order valence-corrected chi connectivity index (χ1v) is 9.10. The first-order valence-electron chi connectivity index (χ1n) is 8.28. The van der Waals surface area contributed by atoms with E-state index < -0.39 is 0 Å². The predicted octanol–water partition coefficient (Wildman–Crippen LogP) is 5.59. The molecule has 0 amide bonds. The lowest BCUT2D eigenvalue weighted by molar-refractivity contribution is 0.685. The maximum atomic E-state index is 3.54. The van der Waals surface area contributed by atoms with Crippen LogP contribution in [0.2, 0.25) is 0 Å². The molecule has 0 saturated carbocycles. The second kappa shape index (κ2) is 8.76. The molecule has 0 saturated heterocycles. The predicted molar refractivity (Wildman–Crippen MR) is 99.8 cm³/mol. The quantitative estimate of drug-likeness (QED) is 0.667. The summed E-state index contributed by atoms with van der Waals surface area (Å²) in [6, 6.07) is 19.4. The summed E-state index contributed by atoms with van der Waals surface area (Å²) < 4.78 is 0. The van der Waals surface area contributed by atoms with Crippen LogP contribution in [0.5, 0.6) is 0 Å². The summed E-state index contributed by atoms with van der Waals surface area (Å²) in [5, 5.41) is 3.54. The number of nitrogens with one attached hydrogen (secondary N) is 1. The van der Waals surface area contributed by atoms with E-state index >= 15 is 0 Å². The summed E-state index contributed by atoms with van der Waals surface area (Å²) in [4.78, 5) is 2.57. The lowest BCUT2D eigenvalue weighted by atomic mass is 10.0. The van der Waals surface area contributed by atoms with Crippen molar-refractivity contribution < 1.29 is 0 Å². The molecular formula is C21H23NS. The lowest BCUT2D eigenvalue weighted by Crippen LogP contribution is -2.15. The van der Waals surface area contributed by atoms with Crippen molar-refractivity contribution in [3.63, 3.8) is 0 Å². The van der Waals surface area contributed by atoms with Gasteiger partial charge < -0.3 is 5.32 Å². The van der Waals surface area contributed by atoms with Gasteiger partial charge >= 0.3 is 0 Å². The lowest BCUT2D eigenvalue weighted by Gasteiger charge is -2.09. The molecule has 0 atom stereocenters. The molecular weight excluding hydrogens is 298 g/mol. The van der Waals surface area contributed by atoms with Crippen LogP contribution in [-0.2, 0) is 6.54 Å². The molecule has 2 heteroatoms. The van der Waals surface area contributed by atoms with E-state index in [-0.39, 0.29) is 0 Å². The van der Waals surface area contributed by atoms with Crippen LogP contribution in [0.3, 0.4) is 0 Å². The molecule has 118 valence electrons. The molecule has 1 N–H and O–H groups in total. The summed E-state index contributed by atoms with van der Waals surface area (Å²) in [5.74, 6) is 0. The molecule has 1 nitrogen and oxygen atoms in total. The first kappa shape index (κ1) is 16.1. The Bertz CT molecular complexity index is 656. The minimum atomic E-state index is 0.938. The van der Waals surface area contributed by atoms with Crippen molar-refractivity contribution in [2.24, 2.45) is 0 Å². The highest BCUT2D eigenvalue weighted by molar-refractivity contribution is 7.99. The number of allylic oxidation sites excluding steroid dienone is 3. The van der Waals surface area contributed by atoms with Crippen LogP contribution in [-0.4, -0.2) is 6.54 Å². The van der Waals surface area contributed by atoms with Crippen LogP contribution in [0.15, 0.2) is 88.2 Å². The van der Waals surface area contributed by atoms with Crippen LogP contribution in [0.25, 0.3) is 0 Å². The van der Waals surface area contributed by atoms with E-state index in [0.717, 1.165) is 19.5 Å². The van der Waals surface area contributed by atoms with Crippen molar-refractivity contribution in [1.29, 1.82) is 0 Å². The van der Waals surface area contributed by atoms with E-state index in [4.69, 9.17) is 0 Å².